The van der Waals surface area contributed by atoms with E-state index in [1.54, 1.807) is 0 Å². The molecule has 5 heteroatoms. The second-order valence-corrected chi connectivity index (χ2v) is 19.2. The number of hydrogen-bond acceptors (Lipinski definition) is 5. The number of esters is 2. The topological polar surface area (TPSA) is 61.8 Å². The average molecular weight is 948 g/mol. The van der Waals surface area contributed by atoms with E-state index in [4.69, 9.17) is 14.2 Å². The lowest BCUT2D eigenvalue weighted by Crippen LogP contribution is -2.30. The predicted octanol–water partition coefficient (Wildman–Crippen LogP) is 20.0. The van der Waals surface area contributed by atoms with Gasteiger partial charge in [-0.1, -0.05) is 260 Å². The Hall–Kier alpha value is -2.92. The van der Waals surface area contributed by atoms with Crippen molar-refractivity contribution in [3.05, 3.63) is 85.1 Å². The highest BCUT2D eigenvalue weighted by Crippen LogP contribution is 2.16. The summed E-state index contributed by atoms with van der Waals surface area (Å²) >= 11 is 0. The van der Waals surface area contributed by atoms with E-state index in [1.807, 2.05) is 0 Å². The zero-order valence-corrected chi connectivity index (χ0v) is 45.1. The van der Waals surface area contributed by atoms with Crippen LogP contribution in [-0.4, -0.2) is 37.9 Å². The first kappa shape index (κ1) is 65.1. The van der Waals surface area contributed by atoms with Crippen molar-refractivity contribution in [2.45, 2.75) is 284 Å². The molecule has 0 radical (unpaired) electrons. The maximum absolute atomic E-state index is 12.8. The van der Waals surface area contributed by atoms with Crippen LogP contribution >= 0.6 is 0 Å². The molecule has 1 unspecified atom stereocenters. The second kappa shape index (κ2) is 58.4. The standard InChI is InChI=1S/C63H110O5/c1-4-7-10-13-16-19-22-25-27-29-31-33-35-37-40-43-46-49-52-55-58-66-59-61(68-63(65)57-54-51-48-45-42-38-24-21-18-15-12-9-6-3)60-67-62(64)56-53-50-47-44-41-39-36-34-32-30-28-26-23-20-17-14-11-8-5-2/h7,10,16,19,21,24-25,27,31,33,37,40,46,49,61H,4-6,8-9,11-15,17-18,20,22-23,26,28-30,32,34-36,38-39,41-45,47-48,50-60H2,1-3H3/b10-7-,19-16-,24-21-,27-25-,33-31-,40-37-,49-46-. The molecule has 0 aliphatic heterocycles. The van der Waals surface area contributed by atoms with Gasteiger partial charge in [0.05, 0.1) is 6.61 Å². The molecule has 0 aromatic heterocycles. The van der Waals surface area contributed by atoms with Crippen molar-refractivity contribution in [2.75, 3.05) is 19.8 Å². The van der Waals surface area contributed by atoms with Crippen molar-refractivity contribution >= 4 is 11.9 Å². The highest BCUT2D eigenvalue weighted by molar-refractivity contribution is 5.70. The summed E-state index contributed by atoms with van der Waals surface area (Å²) in [4.78, 5) is 25.5. The number of allylic oxidation sites excluding steroid dienone is 14. The predicted molar refractivity (Wildman–Crippen MR) is 297 cm³/mol. The largest absolute Gasteiger partial charge is 0.462 e. The van der Waals surface area contributed by atoms with Gasteiger partial charge in [0, 0.05) is 19.4 Å². The van der Waals surface area contributed by atoms with Crippen molar-refractivity contribution in [2.24, 2.45) is 0 Å². The van der Waals surface area contributed by atoms with Gasteiger partial charge in [0.2, 0.25) is 0 Å². The third-order valence-corrected chi connectivity index (χ3v) is 12.4. The van der Waals surface area contributed by atoms with Gasteiger partial charge in [0.1, 0.15) is 6.61 Å². The summed E-state index contributed by atoms with van der Waals surface area (Å²) in [6, 6.07) is 0. The fourth-order valence-corrected chi connectivity index (χ4v) is 8.11. The van der Waals surface area contributed by atoms with Gasteiger partial charge >= 0.3 is 11.9 Å². The lowest BCUT2D eigenvalue weighted by molar-refractivity contribution is -0.163. The first-order valence-corrected chi connectivity index (χ1v) is 29.1. The third-order valence-electron chi connectivity index (χ3n) is 12.4. The summed E-state index contributed by atoms with van der Waals surface area (Å²) in [7, 11) is 0. The Kier molecular flexibility index (Phi) is 55.9. The van der Waals surface area contributed by atoms with E-state index in [1.165, 1.54) is 154 Å². The van der Waals surface area contributed by atoms with E-state index in [9.17, 15) is 9.59 Å². The average Bonchev–Trinajstić information content (AvgIpc) is 3.34. The molecule has 392 valence electrons. The Morgan fingerprint density at radius 1 is 0.338 bits per heavy atom. The summed E-state index contributed by atoms with van der Waals surface area (Å²) < 4.78 is 17.4. The molecule has 0 saturated heterocycles. The molecule has 0 spiro atoms. The molecule has 1 atom stereocenters. The molecular weight excluding hydrogens is 837 g/mol. The zero-order valence-electron chi connectivity index (χ0n) is 45.1. The van der Waals surface area contributed by atoms with Crippen LogP contribution in [0.2, 0.25) is 0 Å². The quantitative estimate of drug-likeness (QED) is 0.0345. The molecule has 0 fully saturated rings. The molecule has 0 rings (SSSR count). The van der Waals surface area contributed by atoms with Crippen LogP contribution in [0.1, 0.15) is 278 Å². The van der Waals surface area contributed by atoms with Crippen LogP contribution in [0.15, 0.2) is 85.1 Å². The molecule has 0 aromatic carbocycles. The van der Waals surface area contributed by atoms with Crippen molar-refractivity contribution < 1.29 is 23.8 Å². The van der Waals surface area contributed by atoms with Crippen LogP contribution in [0, 0.1) is 0 Å². The van der Waals surface area contributed by atoms with E-state index < -0.39 is 6.10 Å². The van der Waals surface area contributed by atoms with Crippen LogP contribution in [0.4, 0.5) is 0 Å². The minimum Gasteiger partial charge on any atom is -0.462 e. The zero-order chi connectivity index (χ0) is 49.2. The molecule has 0 saturated carbocycles. The van der Waals surface area contributed by atoms with Gasteiger partial charge in [0.25, 0.3) is 0 Å². The molecule has 0 bridgehead atoms. The molecule has 0 aliphatic rings. The maximum Gasteiger partial charge on any atom is 0.306 e. The molecule has 0 N–H and O–H groups in total. The van der Waals surface area contributed by atoms with Crippen molar-refractivity contribution in [1.29, 1.82) is 0 Å². The van der Waals surface area contributed by atoms with Crippen LogP contribution in [0.3, 0.4) is 0 Å². The van der Waals surface area contributed by atoms with E-state index in [0.717, 1.165) is 89.9 Å². The number of carbonyl (C=O) groups is 2. The SMILES string of the molecule is CC/C=C\C/C=C\C/C=C\C/C=C\C/C=C\C/C=C\CCCOCC(COC(=O)CCCCCCCCCCCCCCCCCCCCC)OC(=O)CCCCCCC/C=C\CCCCCC. The van der Waals surface area contributed by atoms with Crippen LogP contribution in [0.25, 0.3) is 0 Å². The summed E-state index contributed by atoms with van der Waals surface area (Å²) in [5, 5.41) is 0. The molecule has 68 heavy (non-hydrogen) atoms. The summed E-state index contributed by atoms with van der Waals surface area (Å²) in [6.45, 7) is 7.58. The lowest BCUT2D eigenvalue weighted by Gasteiger charge is -2.18. The Labute approximate surface area is 422 Å². The molecular formula is C63H110O5. The highest BCUT2D eigenvalue weighted by Gasteiger charge is 2.17. The Balaban J connectivity index is 4.33. The summed E-state index contributed by atoms with van der Waals surface area (Å²) in [5.74, 6) is -0.431. The smallest absolute Gasteiger partial charge is 0.306 e. The van der Waals surface area contributed by atoms with Crippen LogP contribution in [0.5, 0.6) is 0 Å². The molecule has 0 amide bonds. The number of rotatable bonds is 53. The van der Waals surface area contributed by atoms with Crippen molar-refractivity contribution in [3.63, 3.8) is 0 Å². The Bertz CT molecular complexity index is 1250. The van der Waals surface area contributed by atoms with E-state index in [2.05, 4.69) is 106 Å². The van der Waals surface area contributed by atoms with Gasteiger partial charge < -0.3 is 14.2 Å². The van der Waals surface area contributed by atoms with Gasteiger partial charge in [-0.2, -0.15) is 0 Å². The minimum absolute atomic E-state index is 0.0585. The third kappa shape index (κ3) is 55.7. The molecule has 0 aromatic rings. The molecule has 0 aliphatic carbocycles. The summed E-state index contributed by atoms with van der Waals surface area (Å²) in [5.41, 5.74) is 0. The van der Waals surface area contributed by atoms with Gasteiger partial charge in [-0.3, -0.25) is 9.59 Å². The fourth-order valence-electron chi connectivity index (χ4n) is 8.11. The first-order valence-electron chi connectivity index (χ1n) is 29.1. The Morgan fingerprint density at radius 2 is 0.662 bits per heavy atom. The molecule has 0 heterocycles. The second-order valence-electron chi connectivity index (χ2n) is 19.2. The number of unbranched alkanes of at least 4 members (excludes halogenated alkanes) is 28. The van der Waals surface area contributed by atoms with Crippen molar-refractivity contribution in [3.8, 4) is 0 Å². The highest BCUT2D eigenvalue weighted by atomic mass is 16.6. The van der Waals surface area contributed by atoms with Crippen LogP contribution < -0.4 is 0 Å². The minimum atomic E-state index is -0.573. The summed E-state index contributed by atoms with van der Waals surface area (Å²) in [6.07, 6.45) is 77.6. The number of carbonyl (C=O) groups excluding carboxylic acids is 2. The van der Waals surface area contributed by atoms with E-state index in [-0.39, 0.29) is 25.2 Å². The number of hydrogen-bond donors (Lipinski definition) is 0. The van der Waals surface area contributed by atoms with Crippen molar-refractivity contribution in [1.82, 2.24) is 0 Å². The Morgan fingerprint density at radius 3 is 1.09 bits per heavy atom. The van der Waals surface area contributed by atoms with Gasteiger partial charge in [0.15, 0.2) is 6.10 Å². The van der Waals surface area contributed by atoms with Crippen LogP contribution in [-0.2, 0) is 23.8 Å². The van der Waals surface area contributed by atoms with E-state index >= 15 is 0 Å². The van der Waals surface area contributed by atoms with Gasteiger partial charge in [-0.15, -0.1) is 0 Å². The van der Waals surface area contributed by atoms with Gasteiger partial charge in [-0.05, 0) is 89.9 Å². The lowest BCUT2D eigenvalue weighted by atomic mass is 10.0. The van der Waals surface area contributed by atoms with Gasteiger partial charge in [-0.25, -0.2) is 0 Å². The normalized spacial score (nSPS) is 12.8. The first-order chi connectivity index (χ1) is 33.6. The number of ether oxygens (including phenoxy) is 3. The van der Waals surface area contributed by atoms with E-state index in [0.29, 0.717) is 19.4 Å². The fraction of sp³-hybridized carbons (Fsp3) is 0.746. The monoisotopic (exact) mass is 947 g/mol. The molecule has 5 nitrogen and oxygen atoms in total. The maximum atomic E-state index is 12.8.